The fraction of sp³-hybridized carbons (Fsp3) is 0.296. The predicted octanol–water partition coefficient (Wildman–Crippen LogP) is 5.08. The molecule has 0 saturated heterocycles. The Balaban J connectivity index is 1.76. The highest BCUT2D eigenvalue weighted by molar-refractivity contribution is 7.92. The van der Waals surface area contributed by atoms with E-state index in [0.29, 0.717) is 18.0 Å². The van der Waals surface area contributed by atoms with Crippen LogP contribution in [0.15, 0.2) is 83.8 Å². The number of ether oxygens (including phenoxy) is 1. The van der Waals surface area contributed by atoms with Crippen LogP contribution in [0.1, 0.15) is 37.3 Å². The molecule has 3 aromatic carbocycles. The van der Waals surface area contributed by atoms with Gasteiger partial charge in [0.2, 0.25) is 0 Å². The summed E-state index contributed by atoms with van der Waals surface area (Å²) < 4.78 is 34.0. The molecule has 1 N–H and O–H groups in total. The number of rotatable bonds is 12. The monoisotopic (exact) mass is 480 g/mol. The Morgan fingerprint density at radius 3 is 2.24 bits per heavy atom. The lowest BCUT2D eigenvalue weighted by atomic mass is 10.2. The summed E-state index contributed by atoms with van der Waals surface area (Å²) >= 11 is 0. The van der Waals surface area contributed by atoms with E-state index >= 15 is 0 Å². The molecule has 34 heavy (non-hydrogen) atoms. The van der Waals surface area contributed by atoms with Crippen LogP contribution in [0.5, 0.6) is 5.75 Å². The van der Waals surface area contributed by atoms with E-state index in [2.05, 4.69) is 12.2 Å². The lowest BCUT2D eigenvalue weighted by Gasteiger charge is -2.25. The first-order valence-corrected chi connectivity index (χ1v) is 13.0. The molecule has 0 aromatic heterocycles. The van der Waals surface area contributed by atoms with Crippen LogP contribution in [0.4, 0.5) is 5.69 Å². The fourth-order valence-corrected chi connectivity index (χ4v) is 4.87. The number of benzene rings is 3. The van der Waals surface area contributed by atoms with E-state index in [1.54, 1.807) is 48.5 Å². The number of nitrogens with one attached hydrogen (secondary N) is 1. The summed E-state index contributed by atoms with van der Waals surface area (Å²) in [6, 6.07) is 23.1. The van der Waals surface area contributed by atoms with Gasteiger partial charge in [-0.2, -0.15) is 0 Å². The summed E-state index contributed by atoms with van der Waals surface area (Å²) in [6.07, 6.45) is 3.12. The van der Waals surface area contributed by atoms with Crippen LogP contribution in [-0.2, 0) is 21.4 Å². The Kier molecular flexibility index (Phi) is 9.10. The Hall–Kier alpha value is -3.32. The number of unbranched alkanes of at least 4 members (excludes halogenated alkanes) is 2. The average Bonchev–Trinajstić information content (AvgIpc) is 2.85. The Morgan fingerprint density at radius 2 is 1.59 bits per heavy atom. The molecule has 0 unspecified atom stereocenters. The Morgan fingerprint density at radius 1 is 0.912 bits per heavy atom. The van der Waals surface area contributed by atoms with Crippen LogP contribution < -0.4 is 14.4 Å². The minimum atomic E-state index is -3.79. The standard InChI is InChI=1S/C27H32N2O4S/c1-3-4-8-19-28-27(30)21-33-25-15-13-24(14-16-25)29(20-23-9-6-5-7-10-23)34(31,32)26-17-11-22(2)12-18-26/h5-7,9-18H,3-4,8,19-21H2,1-2H3,(H,28,30). The van der Waals surface area contributed by atoms with Crippen LogP contribution in [0, 0.1) is 6.92 Å². The molecular weight excluding hydrogens is 448 g/mol. The van der Waals surface area contributed by atoms with E-state index in [1.165, 1.54) is 4.31 Å². The van der Waals surface area contributed by atoms with Gasteiger partial charge in [0.25, 0.3) is 15.9 Å². The van der Waals surface area contributed by atoms with Crippen LogP contribution in [0.2, 0.25) is 0 Å². The van der Waals surface area contributed by atoms with Gasteiger partial charge in [0, 0.05) is 6.54 Å². The van der Waals surface area contributed by atoms with Gasteiger partial charge in [-0.1, -0.05) is 67.8 Å². The molecule has 0 spiro atoms. The number of carbonyl (C=O) groups excluding carboxylic acids is 1. The number of nitrogens with zero attached hydrogens (tertiary/aromatic N) is 1. The van der Waals surface area contributed by atoms with Gasteiger partial charge in [0.15, 0.2) is 6.61 Å². The average molecular weight is 481 g/mol. The second-order valence-corrected chi connectivity index (χ2v) is 10.0. The largest absolute Gasteiger partial charge is 0.484 e. The van der Waals surface area contributed by atoms with E-state index in [4.69, 9.17) is 4.74 Å². The maximum Gasteiger partial charge on any atom is 0.264 e. The molecule has 0 saturated carbocycles. The maximum atomic E-state index is 13.5. The molecule has 0 atom stereocenters. The number of anilines is 1. The van der Waals surface area contributed by atoms with Gasteiger partial charge in [0.05, 0.1) is 17.1 Å². The van der Waals surface area contributed by atoms with E-state index in [-0.39, 0.29) is 24.0 Å². The van der Waals surface area contributed by atoms with Gasteiger partial charge in [0.1, 0.15) is 5.75 Å². The number of amides is 1. The summed E-state index contributed by atoms with van der Waals surface area (Å²) in [5, 5.41) is 2.84. The van der Waals surface area contributed by atoms with Gasteiger partial charge in [-0.05, 0) is 55.3 Å². The molecule has 6 nitrogen and oxygen atoms in total. The molecule has 180 valence electrons. The number of hydrogen-bond donors (Lipinski definition) is 1. The zero-order valence-corrected chi connectivity index (χ0v) is 20.6. The molecule has 0 radical (unpaired) electrons. The predicted molar refractivity (Wildman–Crippen MR) is 135 cm³/mol. The normalized spacial score (nSPS) is 11.1. The van der Waals surface area contributed by atoms with Crippen LogP contribution in [0.25, 0.3) is 0 Å². The lowest BCUT2D eigenvalue weighted by Crippen LogP contribution is -2.30. The van der Waals surface area contributed by atoms with E-state index in [9.17, 15) is 13.2 Å². The molecule has 0 aliphatic heterocycles. The number of sulfonamides is 1. The summed E-state index contributed by atoms with van der Waals surface area (Å²) in [6.45, 7) is 4.78. The van der Waals surface area contributed by atoms with Crippen molar-refractivity contribution in [3.8, 4) is 5.75 Å². The molecule has 0 aliphatic carbocycles. The topological polar surface area (TPSA) is 75.7 Å². The lowest BCUT2D eigenvalue weighted by molar-refractivity contribution is -0.123. The Bertz CT molecular complexity index is 1150. The highest BCUT2D eigenvalue weighted by atomic mass is 32.2. The van der Waals surface area contributed by atoms with Gasteiger partial charge in [-0.25, -0.2) is 8.42 Å². The highest BCUT2D eigenvalue weighted by Crippen LogP contribution is 2.28. The van der Waals surface area contributed by atoms with Crippen molar-refractivity contribution in [2.45, 2.75) is 44.6 Å². The van der Waals surface area contributed by atoms with Crippen LogP contribution in [-0.4, -0.2) is 27.5 Å². The van der Waals surface area contributed by atoms with Crippen molar-refractivity contribution in [1.29, 1.82) is 0 Å². The first kappa shape index (κ1) is 25.3. The minimum absolute atomic E-state index is 0.0825. The van der Waals surface area contributed by atoms with Crippen molar-refractivity contribution in [2.75, 3.05) is 17.5 Å². The fourth-order valence-electron chi connectivity index (χ4n) is 3.41. The van der Waals surface area contributed by atoms with Gasteiger partial charge in [-0.15, -0.1) is 0 Å². The van der Waals surface area contributed by atoms with Crippen molar-refractivity contribution >= 4 is 21.6 Å². The second-order valence-electron chi connectivity index (χ2n) is 8.15. The van der Waals surface area contributed by atoms with E-state index in [0.717, 1.165) is 30.4 Å². The molecule has 3 rings (SSSR count). The molecule has 0 fully saturated rings. The summed E-state index contributed by atoms with van der Waals surface area (Å²) in [5.41, 5.74) is 2.38. The van der Waals surface area contributed by atoms with Gasteiger partial charge < -0.3 is 10.1 Å². The first-order valence-electron chi connectivity index (χ1n) is 11.5. The quantitative estimate of drug-likeness (QED) is 0.367. The van der Waals surface area contributed by atoms with Crippen molar-refractivity contribution in [2.24, 2.45) is 0 Å². The maximum absolute atomic E-state index is 13.5. The molecule has 0 heterocycles. The molecule has 1 amide bonds. The van der Waals surface area contributed by atoms with Crippen molar-refractivity contribution in [3.63, 3.8) is 0 Å². The third kappa shape index (κ3) is 7.09. The zero-order valence-electron chi connectivity index (χ0n) is 19.7. The number of carbonyl (C=O) groups is 1. The van der Waals surface area contributed by atoms with Crippen LogP contribution in [0.3, 0.4) is 0 Å². The highest BCUT2D eigenvalue weighted by Gasteiger charge is 2.25. The molecular formula is C27H32N2O4S. The summed E-state index contributed by atoms with van der Waals surface area (Å²) in [4.78, 5) is 12.2. The number of hydrogen-bond acceptors (Lipinski definition) is 4. The van der Waals surface area contributed by atoms with Gasteiger partial charge in [-0.3, -0.25) is 9.10 Å². The van der Waals surface area contributed by atoms with Crippen molar-refractivity contribution in [3.05, 3.63) is 90.0 Å². The van der Waals surface area contributed by atoms with Gasteiger partial charge >= 0.3 is 0 Å². The zero-order chi connectivity index (χ0) is 24.4. The smallest absolute Gasteiger partial charge is 0.264 e. The summed E-state index contributed by atoms with van der Waals surface area (Å²) in [7, 11) is -3.79. The van der Waals surface area contributed by atoms with E-state index < -0.39 is 10.0 Å². The molecule has 0 bridgehead atoms. The molecule has 0 aliphatic rings. The third-order valence-electron chi connectivity index (χ3n) is 5.38. The Labute approximate surface area is 202 Å². The van der Waals surface area contributed by atoms with Crippen molar-refractivity contribution in [1.82, 2.24) is 5.32 Å². The SMILES string of the molecule is CCCCCNC(=O)COc1ccc(N(Cc2ccccc2)S(=O)(=O)c2ccc(C)cc2)cc1. The minimum Gasteiger partial charge on any atom is -0.484 e. The first-order chi connectivity index (χ1) is 16.4. The van der Waals surface area contributed by atoms with Crippen molar-refractivity contribution < 1.29 is 17.9 Å². The van der Waals surface area contributed by atoms with Crippen LogP contribution >= 0.6 is 0 Å². The van der Waals surface area contributed by atoms with E-state index in [1.807, 2.05) is 37.3 Å². The summed E-state index contributed by atoms with van der Waals surface area (Å²) in [5.74, 6) is 0.327. The third-order valence-corrected chi connectivity index (χ3v) is 7.16. The molecule has 3 aromatic rings. The molecule has 7 heteroatoms. The second kappa shape index (κ2) is 12.2. The number of aryl methyl sites for hydroxylation is 1.